The van der Waals surface area contributed by atoms with E-state index in [1.807, 2.05) is 0 Å². The lowest BCUT2D eigenvalue weighted by atomic mass is 10.1. The van der Waals surface area contributed by atoms with Crippen LogP contribution in [0.25, 0.3) is 0 Å². The highest BCUT2D eigenvalue weighted by atomic mass is 16.4. The van der Waals surface area contributed by atoms with Crippen molar-refractivity contribution in [1.29, 1.82) is 0 Å². The fourth-order valence-corrected chi connectivity index (χ4v) is 1.14. The molecule has 0 saturated carbocycles. The lowest BCUT2D eigenvalue weighted by Gasteiger charge is -2.14. The van der Waals surface area contributed by atoms with E-state index in [-0.39, 0.29) is 0 Å². The molecule has 1 atom stereocenters. The van der Waals surface area contributed by atoms with Crippen LogP contribution in [0.1, 0.15) is 11.6 Å². The number of hydrogen-bond acceptors (Lipinski definition) is 2. The summed E-state index contributed by atoms with van der Waals surface area (Å²) >= 11 is 0. The number of amides is 2. The molecule has 5 nitrogen and oxygen atoms in total. The molecule has 1 rings (SSSR count). The van der Waals surface area contributed by atoms with Gasteiger partial charge >= 0.3 is 12.0 Å². The van der Waals surface area contributed by atoms with Crippen molar-refractivity contribution in [2.24, 2.45) is 0 Å². The lowest BCUT2D eigenvalue weighted by Crippen LogP contribution is -2.39. The summed E-state index contributed by atoms with van der Waals surface area (Å²) in [4.78, 5) is 21.9. The van der Waals surface area contributed by atoms with Crippen LogP contribution in [0.3, 0.4) is 0 Å². The van der Waals surface area contributed by atoms with E-state index < -0.39 is 18.0 Å². The smallest absolute Gasteiger partial charge is 0.330 e. The third-order valence-corrected chi connectivity index (χ3v) is 1.88. The number of carbonyl (C=O) groups excluding carboxylic acids is 1. The van der Waals surface area contributed by atoms with Gasteiger partial charge in [0.1, 0.15) is 0 Å². The number of benzene rings is 1. The van der Waals surface area contributed by atoms with Crippen molar-refractivity contribution >= 4 is 12.0 Å². The molecule has 5 heteroatoms. The minimum atomic E-state index is -1.09. The van der Waals surface area contributed by atoms with Crippen LogP contribution in [0.2, 0.25) is 0 Å². The standard InChI is InChI=1S/C10H12N2O3/c1-11-10(15)12-8(9(13)14)7-5-3-2-4-6-7/h2-6,8H,1H3,(H,13,14)(H2,11,12,15)/t8-/m1/s1. The third-order valence-electron chi connectivity index (χ3n) is 1.88. The van der Waals surface area contributed by atoms with Crippen LogP contribution in [0.5, 0.6) is 0 Å². The molecule has 0 radical (unpaired) electrons. The van der Waals surface area contributed by atoms with E-state index in [4.69, 9.17) is 5.11 Å². The molecule has 0 bridgehead atoms. The maximum absolute atomic E-state index is 11.0. The summed E-state index contributed by atoms with van der Waals surface area (Å²) in [7, 11) is 1.43. The van der Waals surface area contributed by atoms with E-state index in [9.17, 15) is 9.59 Å². The Kier molecular flexibility index (Phi) is 3.68. The third kappa shape index (κ3) is 2.98. The van der Waals surface area contributed by atoms with Crippen LogP contribution in [0, 0.1) is 0 Å². The van der Waals surface area contributed by atoms with Crippen LogP contribution < -0.4 is 10.6 Å². The van der Waals surface area contributed by atoms with E-state index in [1.54, 1.807) is 30.3 Å². The largest absolute Gasteiger partial charge is 0.479 e. The Balaban J connectivity index is 2.84. The Morgan fingerprint density at radius 3 is 2.33 bits per heavy atom. The van der Waals surface area contributed by atoms with Crippen molar-refractivity contribution < 1.29 is 14.7 Å². The molecule has 0 spiro atoms. The average Bonchev–Trinajstić information content (AvgIpc) is 2.26. The Morgan fingerprint density at radius 1 is 1.27 bits per heavy atom. The van der Waals surface area contributed by atoms with Crippen LogP contribution >= 0.6 is 0 Å². The molecule has 2 amide bonds. The molecule has 1 aromatic rings. The topological polar surface area (TPSA) is 78.4 Å². The van der Waals surface area contributed by atoms with E-state index in [2.05, 4.69) is 10.6 Å². The molecule has 0 saturated heterocycles. The first kappa shape index (κ1) is 11.0. The van der Waals surface area contributed by atoms with Gasteiger partial charge < -0.3 is 15.7 Å². The fraction of sp³-hybridized carbons (Fsp3) is 0.200. The summed E-state index contributed by atoms with van der Waals surface area (Å²) < 4.78 is 0. The van der Waals surface area contributed by atoms with Crippen molar-refractivity contribution in [1.82, 2.24) is 10.6 Å². The zero-order chi connectivity index (χ0) is 11.3. The van der Waals surface area contributed by atoms with Crippen molar-refractivity contribution in [3.63, 3.8) is 0 Å². The maximum atomic E-state index is 11.0. The van der Waals surface area contributed by atoms with Gasteiger partial charge in [-0.25, -0.2) is 9.59 Å². The molecule has 1 aromatic carbocycles. The minimum absolute atomic E-state index is 0.522. The number of urea groups is 1. The van der Waals surface area contributed by atoms with Gasteiger partial charge in [-0.2, -0.15) is 0 Å². The summed E-state index contributed by atoms with van der Waals surface area (Å²) in [6, 6.07) is 6.97. The van der Waals surface area contributed by atoms with Crippen LogP contribution in [-0.4, -0.2) is 24.2 Å². The van der Waals surface area contributed by atoms with Gasteiger partial charge in [-0.15, -0.1) is 0 Å². The van der Waals surface area contributed by atoms with Crippen LogP contribution in [0.15, 0.2) is 30.3 Å². The predicted molar refractivity (Wildman–Crippen MR) is 54.4 cm³/mol. The molecule has 0 unspecified atom stereocenters. The molecule has 0 heterocycles. The highest BCUT2D eigenvalue weighted by molar-refractivity contribution is 5.83. The molecule has 3 N–H and O–H groups in total. The molecule has 0 fully saturated rings. The molecular weight excluding hydrogens is 196 g/mol. The first-order valence-electron chi connectivity index (χ1n) is 4.41. The fourth-order valence-electron chi connectivity index (χ4n) is 1.14. The van der Waals surface area contributed by atoms with Gasteiger partial charge in [0.2, 0.25) is 0 Å². The van der Waals surface area contributed by atoms with Crippen molar-refractivity contribution in [2.45, 2.75) is 6.04 Å². The van der Waals surface area contributed by atoms with Gasteiger partial charge in [0.05, 0.1) is 0 Å². The van der Waals surface area contributed by atoms with Crippen molar-refractivity contribution in [3.8, 4) is 0 Å². The normalized spacial score (nSPS) is 11.5. The second-order valence-corrected chi connectivity index (χ2v) is 2.91. The number of carboxylic acid groups (broad SMARTS) is 1. The van der Waals surface area contributed by atoms with Gasteiger partial charge in [-0.1, -0.05) is 30.3 Å². The first-order valence-corrected chi connectivity index (χ1v) is 4.41. The molecular formula is C10H12N2O3. The second-order valence-electron chi connectivity index (χ2n) is 2.91. The maximum Gasteiger partial charge on any atom is 0.330 e. The summed E-state index contributed by atoms with van der Waals surface area (Å²) in [5.41, 5.74) is 0.536. The van der Waals surface area contributed by atoms with E-state index in [0.29, 0.717) is 5.56 Å². The summed E-state index contributed by atoms with van der Waals surface area (Å²) in [5.74, 6) is -1.09. The number of rotatable bonds is 3. The zero-order valence-electron chi connectivity index (χ0n) is 8.23. The number of nitrogens with one attached hydrogen (secondary N) is 2. The SMILES string of the molecule is CNC(=O)N[C@@H](C(=O)O)c1ccccc1. The Bertz CT molecular complexity index is 351. The Hall–Kier alpha value is -2.04. The molecule has 0 aliphatic rings. The molecule has 0 aromatic heterocycles. The lowest BCUT2D eigenvalue weighted by molar-refractivity contribution is -0.139. The molecule has 80 valence electrons. The Morgan fingerprint density at radius 2 is 1.87 bits per heavy atom. The van der Waals surface area contributed by atoms with Crippen molar-refractivity contribution in [2.75, 3.05) is 7.05 Å². The van der Waals surface area contributed by atoms with E-state index in [0.717, 1.165) is 0 Å². The Labute approximate surface area is 87.1 Å². The zero-order valence-corrected chi connectivity index (χ0v) is 8.23. The number of hydrogen-bond donors (Lipinski definition) is 3. The highest BCUT2D eigenvalue weighted by Gasteiger charge is 2.20. The van der Waals surface area contributed by atoms with E-state index >= 15 is 0 Å². The molecule has 15 heavy (non-hydrogen) atoms. The van der Waals surface area contributed by atoms with Gasteiger partial charge in [-0.05, 0) is 5.56 Å². The quantitative estimate of drug-likeness (QED) is 0.685. The highest BCUT2D eigenvalue weighted by Crippen LogP contribution is 2.12. The van der Waals surface area contributed by atoms with Crippen molar-refractivity contribution in [3.05, 3.63) is 35.9 Å². The first-order chi connectivity index (χ1) is 7.15. The number of carboxylic acids is 1. The summed E-state index contributed by atoms with van der Waals surface area (Å²) in [6.07, 6.45) is 0. The second kappa shape index (κ2) is 4.99. The van der Waals surface area contributed by atoms with Gasteiger partial charge in [0, 0.05) is 7.05 Å². The molecule has 0 aliphatic carbocycles. The van der Waals surface area contributed by atoms with E-state index in [1.165, 1.54) is 7.05 Å². The average molecular weight is 208 g/mol. The minimum Gasteiger partial charge on any atom is -0.479 e. The summed E-state index contributed by atoms with van der Waals surface area (Å²) in [6.45, 7) is 0. The van der Waals surface area contributed by atoms with Gasteiger partial charge in [0.15, 0.2) is 6.04 Å². The molecule has 0 aliphatic heterocycles. The van der Waals surface area contributed by atoms with Crippen LogP contribution in [0.4, 0.5) is 4.79 Å². The predicted octanol–water partition coefficient (Wildman–Crippen LogP) is 0.741. The van der Waals surface area contributed by atoms with Gasteiger partial charge in [0.25, 0.3) is 0 Å². The number of aliphatic carboxylic acids is 1. The monoisotopic (exact) mass is 208 g/mol. The van der Waals surface area contributed by atoms with Gasteiger partial charge in [-0.3, -0.25) is 0 Å². The number of carbonyl (C=O) groups is 2. The summed E-state index contributed by atoms with van der Waals surface area (Å²) in [5, 5.41) is 13.6. The van der Waals surface area contributed by atoms with Crippen LogP contribution in [-0.2, 0) is 4.79 Å².